The molecule has 10 nitrogen and oxygen atoms in total. The Morgan fingerprint density at radius 1 is 0.897 bits per heavy atom. The van der Waals surface area contributed by atoms with Crippen molar-refractivity contribution >= 4 is 24.1 Å². The number of nitrogens with zero attached hydrogens (tertiary/aromatic N) is 6. The fourth-order valence-electron chi connectivity index (χ4n) is 4.44. The van der Waals surface area contributed by atoms with Crippen LogP contribution in [0.4, 0.5) is 22.2 Å². The predicted octanol–water partition coefficient (Wildman–Crippen LogP) is 4.26. The Labute approximate surface area is 227 Å². The van der Waals surface area contributed by atoms with E-state index in [0.717, 1.165) is 50.1 Å². The van der Waals surface area contributed by atoms with E-state index in [0.29, 0.717) is 55.8 Å². The molecule has 0 aliphatic carbocycles. The fourth-order valence-corrected chi connectivity index (χ4v) is 4.44. The number of hydrazone groups is 1. The third-order valence-electron chi connectivity index (χ3n) is 6.50. The Morgan fingerprint density at radius 2 is 1.62 bits per heavy atom. The van der Waals surface area contributed by atoms with Gasteiger partial charge in [0.05, 0.1) is 26.0 Å². The normalized spacial score (nSPS) is 15.9. The number of rotatable bonds is 10. The molecule has 3 heterocycles. The van der Waals surface area contributed by atoms with Crippen molar-refractivity contribution in [1.29, 1.82) is 0 Å². The number of anilines is 3. The topological polar surface area (TPSA) is 97.2 Å². The molecule has 5 rings (SSSR count). The summed E-state index contributed by atoms with van der Waals surface area (Å²) in [6.45, 7) is 7.35. The molecule has 0 saturated carbocycles. The van der Waals surface area contributed by atoms with Crippen molar-refractivity contribution in [2.24, 2.45) is 5.10 Å². The van der Waals surface area contributed by atoms with Gasteiger partial charge < -0.3 is 24.0 Å². The van der Waals surface area contributed by atoms with E-state index in [1.807, 2.05) is 25.1 Å². The summed E-state index contributed by atoms with van der Waals surface area (Å²) in [6, 6.07) is 11.8. The summed E-state index contributed by atoms with van der Waals surface area (Å²) >= 11 is 0. The second-order valence-electron chi connectivity index (χ2n) is 9.33. The van der Waals surface area contributed by atoms with Gasteiger partial charge >= 0.3 is 0 Å². The number of halogens is 1. The first-order valence-electron chi connectivity index (χ1n) is 13.4. The molecule has 206 valence electrons. The Balaban J connectivity index is 1.29. The number of morpholine rings is 1. The average molecular weight is 536 g/mol. The van der Waals surface area contributed by atoms with Gasteiger partial charge in [0.15, 0.2) is 11.5 Å². The predicted molar refractivity (Wildman–Crippen MR) is 148 cm³/mol. The lowest BCUT2D eigenvalue weighted by Gasteiger charge is -2.30. The van der Waals surface area contributed by atoms with Crippen LogP contribution in [0.3, 0.4) is 0 Å². The first kappa shape index (κ1) is 26.6. The van der Waals surface area contributed by atoms with E-state index in [4.69, 9.17) is 19.2 Å². The van der Waals surface area contributed by atoms with E-state index in [1.165, 1.54) is 18.6 Å². The van der Waals surface area contributed by atoms with Crippen LogP contribution in [0, 0.1) is 5.82 Å². The minimum absolute atomic E-state index is 0.275. The van der Waals surface area contributed by atoms with Crippen molar-refractivity contribution in [3.63, 3.8) is 0 Å². The Morgan fingerprint density at radius 3 is 2.33 bits per heavy atom. The summed E-state index contributed by atoms with van der Waals surface area (Å²) in [7, 11) is 0. The van der Waals surface area contributed by atoms with Crippen LogP contribution in [0.2, 0.25) is 0 Å². The highest BCUT2D eigenvalue weighted by Gasteiger charge is 2.20. The number of ether oxygens (including phenoxy) is 3. The van der Waals surface area contributed by atoms with Crippen LogP contribution in [0.1, 0.15) is 37.3 Å². The highest BCUT2D eigenvalue weighted by molar-refractivity contribution is 5.81. The highest BCUT2D eigenvalue weighted by Crippen LogP contribution is 2.29. The molecule has 2 aromatic carbocycles. The molecular weight excluding hydrogens is 501 g/mol. The number of hydrogen-bond donors (Lipinski definition) is 1. The first-order chi connectivity index (χ1) is 19.2. The van der Waals surface area contributed by atoms with Crippen molar-refractivity contribution in [3.8, 4) is 11.5 Å². The second kappa shape index (κ2) is 13.2. The van der Waals surface area contributed by atoms with E-state index in [1.54, 1.807) is 18.3 Å². The number of piperidine rings is 1. The maximum absolute atomic E-state index is 13.2. The summed E-state index contributed by atoms with van der Waals surface area (Å²) in [5.74, 6) is 2.63. The van der Waals surface area contributed by atoms with Crippen LogP contribution in [-0.4, -0.2) is 67.2 Å². The minimum Gasteiger partial charge on any atom is -0.490 e. The molecule has 3 aromatic rings. The molecule has 0 atom stereocenters. The highest BCUT2D eigenvalue weighted by atomic mass is 19.1. The minimum atomic E-state index is -0.275. The van der Waals surface area contributed by atoms with E-state index >= 15 is 0 Å². The zero-order chi connectivity index (χ0) is 26.9. The molecular formula is C28H34FN7O3. The van der Waals surface area contributed by atoms with Gasteiger partial charge in [-0.3, -0.25) is 0 Å². The molecule has 2 saturated heterocycles. The monoisotopic (exact) mass is 535 g/mol. The number of hydrogen-bond acceptors (Lipinski definition) is 10. The van der Waals surface area contributed by atoms with Crippen molar-refractivity contribution in [1.82, 2.24) is 15.0 Å². The lowest BCUT2D eigenvalue weighted by atomic mass is 10.1. The van der Waals surface area contributed by atoms with E-state index in [2.05, 4.69) is 30.3 Å². The van der Waals surface area contributed by atoms with Crippen molar-refractivity contribution in [3.05, 3.63) is 59.4 Å². The van der Waals surface area contributed by atoms with Gasteiger partial charge in [0, 0.05) is 26.2 Å². The molecule has 1 aromatic heterocycles. The molecule has 1 N–H and O–H groups in total. The molecule has 0 amide bonds. The second-order valence-corrected chi connectivity index (χ2v) is 9.33. The number of aromatic nitrogens is 3. The van der Waals surface area contributed by atoms with Crippen LogP contribution in [0.5, 0.6) is 11.5 Å². The third-order valence-corrected chi connectivity index (χ3v) is 6.50. The summed E-state index contributed by atoms with van der Waals surface area (Å²) in [4.78, 5) is 18.4. The largest absolute Gasteiger partial charge is 0.490 e. The third kappa shape index (κ3) is 7.32. The number of nitrogens with one attached hydrogen (secondary N) is 1. The number of benzene rings is 2. The molecule has 2 aliphatic heterocycles. The van der Waals surface area contributed by atoms with Crippen molar-refractivity contribution in [2.75, 3.05) is 61.2 Å². The summed E-state index contributed by atoms with van der Waals surface area (Å²) in [6.07, 6.45) is 5.18. The van der Waals surface area contributed by atoms with Gasteiger partial charge in [0.2, 0.25) is 17.8 Å². The molecule has 39 heavy (non-hydrogen) atoms. The van der Waals surface area contributed by atoms with Crippen LogP contribution in [0.25, 0.3) is 0 Å². The Kier molecular flexibility index (Phi) is 9.00. The SMILES string of the molecule is CCOc1cc(/C=N\Nc2nc(N3CCCCC3)nc(N3CCOCC3)n2)ccc1OCc1ccc(F)cc1. The lowest BCUT2D eigenvalue weighted by molar-refractivity contribution is 0.122. The summed E-state index contributed by atoms with van der Waals surface area (Å²) in [5, 5.41) is 4.40. The molecule has 2 fully saturated rings. The zero-order valence-corrected chi connectivity index (χ0v) is 22.2. The smallest absolute Gasteiger partial charge is 0.250 e. The Bertz CT molecular complexity index is 1210. The maximum atomic E-state index is 13.2. The van der Waals surface area contributed by atoms with Gasteiger partial charge in [-0.2, -0.15) is 20.1 Å². The molecule has 0 spiro atoms. The van der Waals surface area contributed by atoms with Gasteiger partial charge in [0.25, 0.3) is 0 Å². The van der Waals surface area contributed by atoms with Crippen LogP contribution >= 0.6 is 0 Å². The molecule has 0 radical (unpaired) electrons. The van der Waals surface area contributed by atoms with Gasteiger partial charge in [-0.1, -0.05) is 12.1 Å². The Hall–Kier alpha value is -3.99. The van der Waals surface area contributed by atoms with Crippen molar-refractivity contribution in [2.45, 2.75) is 32.8 Å². The molecule has 0 unspecified atom stereocenters. The van der Waals surface area contributed by atoms with E-state index in [9.17, 15) is 4.39 Å². The van der Waals surface area contributed by atoms with Gasteiger partial charge in [-0.15, -0.1) is 0 Å². The summed E-state index contributed by atoms with van der Waals surface area (Å²) in [5.41, 5.74) is 4.67. The lowest BCUT2D eigenvalue weighted by Crippen LogP contribution is -2.38. The first-order valence-corrected chi connectivity index (χ1v) is 13.4. The van der Waals surface area contributed by atoms with Gasteiger partial charge in [-0.25, -0.2) is 9.82 Å². The molecule has 0 bridgehead atoms. The van der Waals surface area contributed by atoms with E-state index in [-0.39, 0.29) is 5.82 Å². The van der Waals surface area contributed by atoms with Gasteiger partial charge in [-0.05, 0) is 67.6 Å². The van der Waals surface area contributed by atoms with Crippen LogP contribution < -0.4 is 24.7 Å². The molecule has 2 aliphatic rings. The van der Waals surface area contributed by atoms with Crippen LogP contribution in [0.15, 0.2) is 47.6 Å². The van der Waals surface area contributed by atoms with Gasteiger partial charge in [0.1, 0.15) is 12.4 Å². The quantitative estimate of drug-likeness (QED) is 0.302. The average Bonchev–Trinajstić information content (AvgIpc) is 2.98. The maximum Gasteiger partial charge on any atom is 0.250 e. The summed E-state index contributed by atoms with van der Waals surface area (Å²) < 4.78 is 30.4. The molecule has 11 heteroatoms. The van der Waals surface area contributed by atoms with E-state index < -0.39 is 0 Å². The van der Waals surface area contributed by atoms with Crippen molar-refractivity contribution < 1.29 is 18.6 Å². The van der Waals surface area contributed by atoms with Crippen LogP contribution in [-0.2, 0) is 11.3 Å². The standard InChI is InChI=1S/C28H34FN7O3/c1-2-38-25-18-22(8-11-24(25)39-20-21-6-9-23(29)10-7-21)19-30-34-26-31-27(35-12-4-3-5-13-35)33-28(32-26)36-14-16-37-17-15-36/h6-11,18-19H,2-5,12-17,20H2,1H3,(H,31,32,33,34)/b30-19-. The zero-order valence-electron chi connectivity index (χ0n) is 22.2. The fraction of sp³-hybridized carbons (Fsp3) is 0.429.